The Morgan fingerprint density at radius 2 is 1.71 bits per heavy atom. The van der Waals surface area contributed by atoms with Crippen molar-refractivity contribution in [3.8, 4) is 0 Å². The summed E-state index contributed by atoms with van der Waals surface area (Å²) in [6.45, 7) is 17.0. The molecule has 1 aromatic rings. The molecule has 2 amide bonds. The summed E-state index contributed by atoms with van der Waals surface area (Å²) < 4.78 is 12.0. The molecule has 7 nitrogen and oxygen atoms in total. The quantitative estimate of drug-likeness (QED) is 0.611. The molecule has 0 saturated carbocycles. The zero-order chi connectivity index (χ0) is 23.6. The minimum absolute atomic E-state index is 0.0424. The normalized spacial score (nSPS) is 22.3. The number of carboxylic acid groups (broad SMARTS) is 1. The van der Waals surface area contributed by atoms with Gasteiger partial charge in [0.25, 0.3) is 0 Å². The first kappa shape index (κ1) is 25.2. The number of rotatable bonds is 5. The molecule has 1 aromatic carbocycles. The van der Waals surface area contributed by atoms with Crippen LogP contribution in [0.25, 0.3) is 0 Å². The highest BCUT2D eigenvalue weighted by molar-refractivity contribution is 6.74. The van der Waals surface area contributed by atoms with Gasteiger partial charge in [0.1, 0.15) is 6.61 Å². The second-order valence-corrected chi connectivity index (χ2v) is 15.7. The van der Waals surface area contributed by atoms with Crippen molar-refractivity contribution < 1.29 is 23.9 Å². The van der Waals surface area contributed by atoms with Crippen LogP contribution in [0.1, 0.15) is 47.1 Å². The van der Waals surface area contributed by atoms with Crippen molar-refractivity contribution >= 4 is 20.5 Å². The minimum Gasteiger partial charge on any atom is -0.465 e. The van der Waals surface area contributed by atoms with Gasteiger partial charge >= 0.3 is 12.2 Å². The summed E-state index contributed by atoms with van der Waals surface area (Å²) in [6.07, 6.45) is -2.02. The Kier molecular flexibility index (Phi) is 7.48. The number of alkyl carbamates (subject to hydrolysis) is 1. The topological polar surface area (TPSA) is 88.1 Å². The number of ether oxygens (including phenoxy) is 1. The Balaban J connectivity index is 2.26. The summed E-state index contributed by atoms with van der Waals surface area (Å²) in [4.78, 5) is 26.1. The monoisotopic (exact) mass is 450 g/mol. The fourth-order valence-corrected chi connectivity index (χ4v) is 5.09. The van der Waals surface area contributed by atoms with Crippen molar-refractivity contribution in [1.29, 1.82) is 0 Å². The molecule has 31 heavy (non-hydrogen) atoms. The lowest BCUT2D eigenvalue weighted by atomic mass is 9.82. The van der Waals surface area contributed by atoms with Crippen LogP contribution in [0, 0.1) is 5.41 Å². The van der Waals surface area contributed by atoms with Crippen LogP contribution in [-0.2, 0) is 15.8 Å². The van der Waals surface area contributed by atoms with Crippen LogP contribution in [0.5, 0.6) is 0 Å². The molecule has 1 heterocycles. The van der Waals surface area contributed by atoms with Gasteiger partial charge in [-0.25, -0.2) is 9.59 Å². The molecule has 2 rings (SSSR count). The molecule has 0 spiro atoms. The van der Waals surface area contributed by atoms with Gasteiger partial charge in [-0.2, -0.15) is 0 Å². The first-order chi connectivity index (χ1) is 14.1. The van der Waals surface area contributed by atoms with Crippen molar-refractivity contribution in [2.24, 2.45) is 5.41 Å². The Morgan fingerprint density at radius 1 is 1.13 bits per heavy atom. The van der Waals surface area contributed by atoms with Crippen LogP contribution < -0.4 is 5.32 Å². The predicted octanol–water partition coefficient (Wildman–Crippen LogP) is 5.08. The van der Waals surface area contributed by atoms with Gasteiger partial charge in [-0.3, -0.25) is 0 Å². The third-order valence-corrected chi connectivity index (χ3v) is 10.8. The first-order valence-corrected chi connectivity index (χ1v) is 13.7. The molecule has 0 aliphatic carbocycles. The molecule has 1 aliphatic rings. The second-order valence-electron chi connectivity index (χ2n) is 10.9. The minimum atomic E-state index is -2.20. The van der Waals surface area contributed by atoms with Gasteiger partial charge in [-0.1, -0.05) is 71.9 Å². The Morgan fingerprint density at radius 3 is 2.19 bits per heavy atom. The smallest absolute Gasteiger partial charge is 0.407 e. The van der Waals surface area contributed by atoms with E-state index in [9.17, 15) is 14.7 Å². The Labute approximate surface area is 187 Å². The standard InChI is InChI=1S/C23H38N2O5Si/c1-22(2,3)19-18(24-20(26)29-15-16-12-10-9-11-13-16)17(14-25(19)21(27)28)30-31(7,8)23(4,5)6/h9-13,17-19H,14-15H2,1-8H3,(H,24,26)(H,27,28)/t17-,18-,19?/m0/s1. The number of carbonyl (C=O) groups excluding carboxylic acids is 1. The number of nitrogens with zero attached hydrogens (tertiary/aromatic N) is 1. The van der Waals surface area contributed by atoms with E-state index in [1.807, 2.05) is 51.1 Å². The van der Waals surface area contributed by atoms with Crippen molar-refractivity contribution in [1.82, 2.24) is 10.2 Å². The number of hydrogen-bond donors (Lipinski definition) is 2. The van der Waals surface area contributed by atoms with E-state index >= 15 is 0 Å². The molecular formula is C23H38N2O5Si. The highest BCUT2D eigenvalue weighted by atomic mass is 28.4. The summed E-state index contributed by atoms with van der Waals surface area (Å²) in [7, 11) is -2.20. The number of amides is 2. The van der Waals surface area contributed by atoms with Crippen molar-refractivity contribution in [3.05, 3.63) is 35.9 Å². The lowest BCUT2D eigenvalue weighted by molar-refractivity contribution is 0.0884. The van der Waals surface area contributed by atoms with E-state index in [0.29, 0.717) is 0 Å². The predicted molar refractivity (Wildman–Crippen MR) is 124 cm³/mol. The summed E-state index contributed by atoms with van der Waals surface area (Å²) >= 11 is 0. The molecule has 1 unspecified atom stereocenters. The van der Waals surface area contributed by atoms with Crippen molar-refractivity contribution in [3.63, 3.8) is 0 Å². The molecule has 1 fully saturated rings. The average molecular weight is 451 g/mol. The summed E-state index contributed by atoms with van der Waals surface area (Å²) in [5.74, 6) is 0. The number of benzene rings is 1. The van der Waals surface area contributed by atoms with Gasteiger partial charge < -0.3 is 24.5 Å². The van der Waals surface area contributed by atoms with Crippen LogP contribution in [0.3, 0.4) is 0 Å². The molecule has 174 valence electrons. The molecule has 1 aliphatic heterocycles. The van der Waals surface area contributed by atoms with Crippen LogP contribution in [-0.4, -0.2) is 55.2 Å². The van der Waals surface area contributed by atoms with E-state index < -0.39 is 44.1 Å². The fraction of sp³-hybridized carbons (Fsp3) is 0.652. The molecule has 2 N–H and O–H groups in total. The van der Waals surface area contributed by atoms with Gasteiger partial charge in [0, 0.05) is 0 Å². The Hall–Kier alpha value is -2.06. The maximum Gasteiger partial charge on any atom is 0.407 e. The number of hydrogen-bond acceptors (Lipinski definition) is 4. The largest absolute Gasteiger partial charge is 0.465 e. The summed E-state index contributed by atoms with van der Waals surface area (Å²) in [5, 5.41) is 12.8. The van der Waals surface area contributed by atoms with Gasteiger partial charge in [-0.05, 0) is 29.1 Å². The second kappa shape index (κ2) is 9.20. The zero-order valence-corrected chi connectivity index (χ0v) is 21.1. The Bertz CT molecular complexity index is 770. The molecule has 0 bridgehead atoms. The highest BCUT2D eigenvalue weighted by Crippen LogP contribution is 2.41. The maximum atomic E-state index is 12.7. The van der Waals surface area contributed by atoms with E-state index in [2.05, 4.69) is 39.2 Å². The number of likely N-dealkylation sites (tertiary alicyclic amines) is 1. The van der Waals surface area contributed by atoms with Gasteiger partial charge in [0.2, 0.25) is 0 Å². The van der Waals surface area contributed by atoms with E-state index in [1.165, 1.54) is 4.90 Å². The van der Waals surface area contributed by atoms with E-state index in [1.54, 1.807) is 0 Å². The van der Waals surface area contributed by atoms with E-state index in [4.69, 9.17) is 9.16 Å². The van der Waals surface area contributed by atoms with Gasteiger partial charge in [-0.15, -0.1) is 0 Å². The molecule has 3 atom stereocenters. The average Bonchev–Trinajstić information content (AvgIpc) is 2.98. The third kappa shape index (κ3) is 6.23. The maximum absolute atomic E-state index is 12.7. The van der Waals surface area contributed by atoms with Crippen molar-refractivity contribution in [2.45, 2.75) is 84.5 Å². The summed E-state index contributed by atoms with van der Waals surface area (Å²) in [6, 6.07) is 8.50. The fourth-order valence-electron chi connectivity index (χ4n) is 3.76. The lowest BCUT2D eigenvalue weighted by Crippen LogP contribution is -2.56. The van der Waals surface area contributed by atoms with Crippen LogP contribution >= 0.6 is 0 Å². The van der Waals surface area contributed by atoms with Crippen molar-refractivity contribution in [2.75, 3.05) is 6.54 Å². The molecule has 0 radical (unpaired) electrons. The third-order valence-electron chi connectivity index (χ3n) is 6.34. The van der Waals surface area contributed by atoms with E-state index in [-0.39, 0.29) is 18.2 Å². The highest BCUT2D eigenvalue weighted by Gasteiger charge is 2.53. The molecule has 8 heteroatoms. The zero-order valence-electron chi connectivity index (χ0n) is 20.1. The number of carbonyl (C=O) groups is 2. The van der Waals surface area contributed by atoms with Gasteiger partial charge in [0.15, 0.2) is 8.32 Å². The lowest BCUT2D eigenvalue weighted by Gasteiger charge is -2.41. The SMILES string of the molecule is CC(C)(C)C1[C@@H](NC(=O)OCc2ccccc2)[C@@H](O[Si](C)(C)C(C)(C)C)CN1C(=O)O. The van der Waals surface area contributed by atoms with Crippen LogP contribution in [0.15, 0.2) is 30.3 Å². The summed E-state index contributed by atoms with van der Waals surface area (Å²) in [5.41, 5.74) is 0.485. The van der Waals surface area contributed by atoms with Gasteiger partial charge in [0.05, 0.1) is 24.7 Å². The van der Waals surface area contributed by atoms with Crippen LogP contribution in [0.4, 0.5) is 9.59 Å². The van der Waals surface area contributed by atoms with Crippen LogP contribution in [0.2, 0.25) is 18.1 Å². The molecular weight excluding hydrogens is 412 g/mol. The molecule has 1 saturated heterocycles. The first-order valence-electron chi connectivity index (χ1n) is 10.8. The number of nitrogens with one attached hydrogen (secondary N) is 1. The molecule has 0 aromatic heterocycles. The van der Waals surface area contributed by atoms with E-state index in [0.717, 1.165) is 5.56 Å².